The highest BCUT2D eigenvalue weighted by molar-refractivity contribution is 9.10. The van der Waals surface area contributed by atoms with Gasteiger partial charge in [0, 0.05) is 23.0 Å². The maximum Gasteiger partial charge on any atom is 0.251 e. The van der Waals surface area contributed by atoms with Gasteiger partial charge in [0.25, 0.3) is 5.91 Å². The molecule has 0 aliphatic rings. The van der Waals surface area contributed by atoms with Gasteiger partial charge in [0.15, 0.2) is 0 Å². The van der Waals surface area contributed by atoms with Crippen molar-refractivity contribution in [3.63, 3.8) is 0 Å². The Morgan fingerprint density at radius 2 is 1.89 bits per heavy atom. The van der Waals surface area contributed by atoms with Crippen molar-refractivity contribution in [2.24, 2.45) is 0 Å². The minimum atomic E-state index is -0.202. The van der Waals surface area contributed by atoms with Crippen LogP contribution in [0.3, 0.4) is 0 Å². The van der Waals surface area contributed by atoms with E-state index in [1.54, 1.807) is 24.3 Å². The molecule has 0 aliphatic carbocycles. The molecule has 0 aliphatic heterocycles. The molecule has 94 valence electrons. The molecule has 18 heavy (non-hydrogen) atoms. The topological polar surface area (TPSA) is 58.2 Å². The lowest BCUT2D eigenvalue weighted by atomic mass is 10.2. The Bertz CT molecular complexity index is 463. The van der Waals surface area contributed by atoms with E-state index < -0.39 is 0 Å². The van der Waals surface area contributed by atoms with Crippen LogP contribution in [-0.2, 0) is 4.79 Å². The molecule has 0 atom stereocenters. The van der Waals surface area contributed by atoms with Gasteiger partial charge in [0.05, 0.1) is 6.54 Å². The predicted octanol–water partition coefficient (Wildman–Crippen LogP) is 1.32. The Labute approximate surface area is 114 Å². The summed E-state index contributed by atoms with van der Waals surface area (Å²) >= 11 is 3.29. The normalized spacial score (nSPS) is 9.33. The molecule has 0 spiro atoms. The number of amides is 2. The summed E-state index contributed by atoms with van der Waals surface area (Å²) in [5.74, 6) is 1.93. The van der Waals surface area contributed by atoms with Gasteiger partial charge in [-0.3, -0.25) is 9.59 Å². The van der Waals surface area contributed by atoms with Crippen molar-refractivity contribution in [1.29, 1.82) is 0 Å². The molecular weight excluding hydrogens is 296 g/mol. The molecule has 4 nitrogen and oxygen atoms in total. The summed E-state index contributed by atoms with van der Waals surface area (Å²) in [5, 5.41) is 5.18. The monoisotopic (exact) mass is 308 g/mol. The van der Waals surface area contributed by atoms with Gasteiger partial charge in [0.2, 0.25) is 5.91 Å². The maximum absolute atomic E-state index is 11.7. The van der Waals surface area contributed by atoms with Crippen LogP contribution in [0.4, 0.5) is 0 Å². The lowest BCUT2D eigenvalue weighted by Gasteiger charge is -2.05. The lowest BCUT2D eigenvalue weighted by molar-refractivity contribution is -0.120. The van der Waals surface area contributed by atoms with Gasteiger partial charge < -0.3 is 10.6 Å². The van der Waals surface area contributed by atoms with Crippen LogP contribution in [-0.4, -0.2) is 24.9 Å². The molecule has 1 rings (SSSR count). The molecule has 1 aromatic carbocycles. The minimum Gasteiger partial charge on any atom is -0.352 e. The molecule has 0 bridgehead atoms. The molecule has 2 amide bonds. The van der Waals surface area contributed by atoms with Crippen molar-refractivity contribution >= 4 is 27.7 Å². The van der Waals surface area contributed by atoms with Gasteiger partial charge in [-0.15, -0.1) is 6.42 Å². The van der Waals surface area contributed by atoms with E-state index in [0.29, 0.717) is 5.56 Å². The molecule has 0 aromatic heterocycles. The first-order valence-electron chi connectivity index (χ1n) is 5.37. The molecule has 5 heteroatoms. The van der Waals surface area contributed by atoms with Crippen molar-refractivity contribution in [3.8, 4) is 12.3 Å². The highest BCUT2D eigenvalue weighted by Crippen LogP contribution is 2.10. The number of rotatable bonds is 5. The molecule has 0 fully saturated rings. The fourth-order valence-electron chi connectivity index (χ4n) is 1.23. The third-order valence-corrected chi connectivity index (χ3v) is 2.66. The Morgan fingerprint density at radius 1 is 1.22 bits per heavy atom. The second kappa shape index (κ2) is 7.51. The minimum absolute atomic E-state index is 0.177. The molecule has 0 heterocycles. The van der Waals surface area contributed by atoms with Gasteiger partial charge in [-0.05, 0) is 24.3 Å². The Balaban J connectivity index is 2.31. The zero-order valence-electron chi connectivity index (χ0n) is 9.70. The van der Waals surface area contributed by atoms with Crippen molar-refractivity contribution in [2.75, 3.05) is 13.1 Å². The average molecular weight is 309 g/mol. The fraction of sp³-hybridized carbons (Fsp3) is 0.231. The van der Waals surface area contributed by atoms with Crippen molar-refractivity contribution in [1.82, 2.24) is 10.6 Å². The molecule has 2 N–H and O–H groups in total. The summed E-state index contributed by atoms with van der Waals surface area (Å²) in [5.41, 5.74) is 0.558. The summed E-state index contributed by atoms with van der Waals surface area (Å²) < 4.78 is 0.910. The van der Waals surface area contributed by atoms with E-state index in [4.69, 9.17) is 6.42 Å². The van der Waals surface area contributed by atoms with Crippen LogP contribution in [0.2, 0.25) is 0 Å². The number of nitrogens with one attached hydrogen (secondary N) is 2. The zero-order chi connectivity index (χ0) is 13.4. The first-order chi connectivity index (χ1) is 8.63. The highest BCUT2D eigenvalue weighted by atomic mass is 79.9. The summed E-state index contributed by atoms with van der Waals surface area (Å²) in [7, 11) is 0. The third-order valence-electron chi connectivity index (χ3n) is 2.13. The van der Waals surface area contributed by atoms with Crippen molar-refractivity contribution in [3.05, 3.63) is 34.3 Å². The second-order valence-electron chi connectivity index (χ2n) is 3.49. The van der Waals surface area contributed by atoms with Crippen LogP contribution in [0.15, 0.2) is 28.7 Å². The van der Waals surface area contributed by atoms with Crippen LogP contribution in [0.25, 0.3) is 0 Å². The summed E-state index contributed by atoms with van der Waals surface area (Å²) in [6.45, 7) is 0.491. The molecule has 0 saturated carbocycles. The van der Waals surface area contributed by atoms with Crippen molar-refractivity contribution < 1.29 is 9.59 Å². The maximum atomic E-state index is 11.7. The summed E-state index contributed by atoms with van der Waals surface area (Å²) in [6.07, 6.45) is 5.22. The van der Waals surface area contributed by atoms with Crippen LogP contribution >= 0.6 is 15.9 Å². The SMILES string of the molecule is C#CCNC(=O)CCNC(=O)c1ccc(Br)cc1. The van der Waals surface area contributed by atoms with Gasteiger partial charge in [-0.1, -0.05) is 21.9 Å². The number of hydrogen-bond acceptors (Lipinski definition) is 2. The van der Waals surface area contributed by atoms with E-state index in [9.17, 15) is 9.59 Å². The average Bonchev–Trinajstić information content (AvgIpc) is 2.37. The predicted molar refractivity (Wildman–Crippen MR) is 72.9 cm³/mol. The van der Waals surface area contributed by atoms with Gasteiger partial charge in [-0.2, -0.15) is 0 Å². The number of carbonyl (C=O) groups excluding carboxylic acids is 2. The number of halogens is 1. The molecule has 0 unspecified atom stereocenters. The van der Waals surface area contributed by atoms with Crippen LogP contribution in [0.1, 0.15) is 16.8 Å². The Hall–Kier alpha value is -1.80. The molecular formula is C13H13BrN2O2. The van der Waals surface area contributed by atoms with Gasteiger partial charge >= 0.3 is 0 Å². The van der Waals surface area contributed by atoms with Crippen LogP contribution in [0, 0.1) is 12.3 Å². The third kappa shape index (κ3) is 5.02. The van der Waals surface area contributed by atoms with E-state index in [1.165, 1.54) is 0 Å². The van der Waals surface area contributed by atoms with Crippen molar-refractivity contribution in [2.45, 2.75) is 6.42 Å². The number of terminal acetylenes is 1. The van der Waals surface area contributed by atoms with Gasteiger partial charge in [-0.25, -0.2) is 0 Å². The number of benzene rings is 1. The van der Waals surface area contributed by atoms with E-state index in [1.807, 2.05) is 0 Å². The Morgan fingerprint density at radius 3 is 2.50 bits per heavy atom. The second-order valence-corrected chi connectivity index (χ2v) is 4.41. The standard InChI is InChI=1S/C13H13BrN2O2/c1-2-8-15-12(17)7-9-16-13(18)10-3-5-11(14)6-4-10/h1,3-6H,7-9H2,(H,15,17)(H,16,18). The van der Waals surface area contributed by atoms with Gasteiger partial charge in [0.1, 0.15) is 0 Å². The largest absolute Gasteiger partial charge is 0.352 e. The summed E-state index contributed by atoms with van der Waals surface area (Å²) in [4.78, 5) is 22.9. The summed E-state index contributed by atoms with van der Waals surface area (Å²) in [6, 6.07) is 6.98. The number of hydrogen-bond donors (Lipinski definition) is 2. The highest BCUT2D eigenvalue weighted by Gasteiger charge is 2.05. The molecule has 0 radical (unpaired) electrons. The van der Waals surface area contributed by atoms with E-state index in [0.717, 1.165) is 4.47 Å². The molecule has 1 aromatic rings. The first-order valence-corrected chi connectivity index (χ1v) is 6.16. The number of carbonyl (C=O) groups is 2. The first kappa shape index (κ1) is 14.3. The van der Waals surface area contributed by atoms with E-state index >= 15 is 0 Å². The fourth-order valence-corrected chi connectivity index (χ4v) is 1.50. The van der Waals surface area contributed by atoms with Crippen LogP contribution < -0.4 is 10.6 Å². The smallest absolute Gasteiger partial charge is 0.251 e. The molecule has 0 saturated heterocycles. The van der Waals surface area contributed by atoms with E-state index in [2.05, 4.69) is 32.5 Å². The lowest BCUT2D eigenvalue weighted by Crippen LogP contribution is -2.30. The van der Waals surface area contributed by atoms with Crippen LogP contribution in [0.5, 0.6) is 0 Å². The van der Waals surface area contributed by atoms with E-state index in [-0.39, 0.29) is 31.3 Å². The Kier molecular flexibility index (Phi) is 5.95. The zero-order valence-corrected chi connectivity index (χ0v) is 11.3. The quantitative estimate of drug-likeness (QED) is 0.806.